The second kappa shape index (κ2) is 4.62. The molecule has 1 aromatic rings. The van der Waals surface area contributed by atoms with E-state index in [-0.39, 0.29) is 5.54 Å². The lowest BCUT2D eigenvalue weighted by atomic mass is 9.71. The molecule has 0 aliphatic heterocycles. The highest BCUT2D eigenvalue weighted by molar-refractivity contribution is 5.11. The van der Waals surface area contributed by atoms with Gasteiger partial charge in [0.05, 0.1) is 12.5 Å². The lowest BCUT2D eigenvalue weighted by Gasteiger charge is -2.38. The molecule has 0 unspecified atom stereocenters. The summed E-state index contributed by atoms with van der Waals surface area (Å²) in [6.07, 6.45) is 9.40. The van der Waals surface area contributed by atoms with Gasteiger partial charge in [0.2, 0.25) is 0 Å². The van der Waals surface area contributed by atoms with Gasteiger partial charge in [-0.1, -0.05) is 13.8 Å². The van der Waals surface area contributed by atoms with E-state index in [1.54, 1.807) is 6.26 Å². The molecule has 0 atom stereocenters. The van der Waals surface area contributed by atoms with Crippen LogP contribution in [0.25, 0.3) is 0 Å². The van der Waals surface area contributed by atoms with Crippen molar-refractivity contribution in [2.75, 3.05) is 0 Å². The molecular formula is C14H23NO. The van der Waals surface area contributed by atoms with Crippen LogP contribution in [-0.4, -0.2) is 5.54 Å². The van der Waals surface area contributed by atoms with Crippen molar-refractivity contribution < 1.29 is 4.42 Å². The predicted octanol–water partition coefficient (Wildman–Crippen LogP) is 3.37. The van der Waals surface area contributed by atoms with Crippen molar-refractivity contribution in [1.29, 1.82) is 0 Å². The monoisotopic (exact) mass is 221 g/mol. The summed E-state index contributed by atoms with van der Waals surface area (Å²) >= 11 is 0. The Bertz CT molecular complexity index is 307. The number of furan rings is 1. The molecule has 1 aliphatic rings. The summed E-state index contributed by atoms with van der Waals surface area (Å²) in [5.74, 6) is 1.68. The third kappa shape index (κ3) is 2.67. The third-order valence-corrected chi connectivity index (χ3v) is 4.11. The summed E-state index contributed by atoms with van der Waals surface area (Å²) in [7, 11) is 0. The van der Waals surface area contributed by atoms with Gasteiger partial charge in [0.15, 0.2) is 0 Å². The van der Waals surface area contributed by atoms with Crippen LogP contribution in [0.3, 0.4) is 0 Å². The molecule has 1 aliphatic carbocycles. The molecule has 1 aromatic heterocycles. The highest BCUT2D eigenvalue weighted by Crippen LogP contribution is 2.36. The fourth-order valence-corrected chi connectivity index (χ4v) is 2.86. The van der Waals surface area contributed by atoms with Crippen molar-refractivity contribution in [2.45, 2.75) is 51.5 Å². The fourth-order valence-electron chi connectivity index (χ4n) is 2.86. The van der Waals surface area contributed by atoms with Gasteiger partial charge in [-0.2, -0.15) is 0 Å². The minimum absolute atomic E-state index is 0.00919. The Labute approximate surface area is 98.2 Å². The third-order valence-electron chi connectivity index (χ3n) is 4.11. The Morgan fingerprint density at radius 1 is 1.44 bits per heavy atom. The average Bonchev–Trinajstić information content (AvgIpc) is 2.70. The molecule has 1 heterocycles. The van der Waals surface area contributed by atoms with Gasteiger partial charge >= 0.3 is 0 Å². The lowest BCUT2D eigenvalue weighted by molar-refractivity contribution is 0.194. The van der Waals surface area contributed by atoms with Crippen molar-refractivity contribution in [2.24, 2.45) is 17.6 Å². The van der Waals surface area contributed by atoms with Crippen molar-refractivity contribution in [1.82, 2.24) is 0 Å². The zero-order valence-corrected chi connectivity index (χ0v) is 10.4. The number of nitrogens with two attached hydrogens (primary N) is 1. The van der Waals surface area contributed by atoms with E-state index in [2.05, 4.69) is 13.8 Å². The molecule has 0 bridgehead atoms. The van der Waals surface area contributed by atoms with E-state index < -0.39 is 0 Å². The van der Waals surface area contributed by atoms with Crippen molar-refractivity contribution in [3.05, 3.63) is 24.2 Å². The molecule has 2 nitrogen and oxygen atoms in total. The summed E-state index contributed by atoms with van der Waals surface area (Å²) in [5, 5.41) is 0. The van der Waals surface area contributed by atoms with E-state index in [4.69, 9.17) is 10.2 Å². The quantitative estimate of drug-likeness (QED) is 0.850. The van der Waals surface area contributed by atoms with Gasteiger partial charge in [0, 0.05) is 5.54 Å². The first-order chi connectivity index (χ1) is 7.59. The zero-order valence-electron chi connectivity index (χ0n) is 10.4. The number of hydrogen-bond acceptors (Lipinski definition) is 2. The van der Waals surface area contributed by atoms with Crippen molar-refractivity contribution >= 4 is 0 Å². The molecule has 0 radical (unpaired) electrons. The molecule has 2 rings (SSSR count). The summed E-state index contributed by atoms with van der Waals surface area (Å²) in [6.45, 7) is 4.65. The Morgan fingerprint density at radius 2 is 2.12 bits per heavy atom. The summed E-state index contributed by atoms with van der Waals surface area (Å²) in [6, 6.07) is 2.03. The van der Waals surface area contributed by atoms with Gasteiger partial charge in [-0.3, -0.25) is 0 Å². The molecule has 0 saturated heterocycles. The molecule has 1 saturated carbocycles. The van der Waals surface area contributed by atoms with Gasteiger partial charge in [-0.05, 0) is 55.6 Å². The Morgan fingerprint density at radius 3 is 2.62 bits per heavy atom. The van der Waals surface area contributed by atoms with Crippen LogP contribution in [0.2, 0.25) is 0 Å². The molecule has 2 N–H and O–H groups in total. The van der Waals surface area contributed by atoms with E-state index in [0.29, 0.717) is 0 Å². The van der Waals surface area contributed by atoms with Crippen LogP contribution in [0.5, 0.6) is 0 Å². The SMILES string of the molecule is CC(C)C1CCC(N)(Cc2ccoc2)CC1. The number of hydrogen-bond donors (Lipinski definition) is 1. The Balaban J connectivity index is 1.91. The normalized spacial score (nSPS) is 30.9. The second-order valence-corrected chi connectivity index (χ2v) is 5.75. The van der Waals surface area contributed by atoms with Gasteiger partial charge in [0.1, 0.15) is 0 Å². The lowest BCUT2D eigenvalue weighted by Crippen LogP contribution is -2.45. The van der Waals surface area contributed by atoms with Gasteiger partial charge in [-0.25, -0.2) is 0 Å². The molecular weight excluding hydrogens is 198 g/mol. The van der Waals surface area contributed by atoms with Gasteiger partial charge in [0.25, 0.3) is 0 Å². The predicted molar refractivity (Wildman–Crippen MR) is 66.1 cm³/mol. The van der Waals surface area contributed by atoms with Crippen LogP contribution in [0.15, 0.2) is 23.0 Å². The van der Waals surface area contributed by atoms with Crippen LogP contribution in [0.1, 0.15) is 45.1 Å². The first kappa shape index (κ1) is 11.7. The van der Waals surface area contributed by atoms with E-state index in [1.165, 1.54) is 18.4 Å². The van der Waals surface area contributed by atoms with Gasteiger partial charge in [-0.15, -0.1) is 0 Å². The fraction of sp³-hybridized carbons (Fsp3) is 0.714. The van der Waals surface area contributed by atoms with Crippen LogP contribution in [0.4, 0.5) is 0 Å². The zero-order chi connectivity index (χ0) is 11.6. The van der Waals surface area contributed by atoms with E-state index in [9.17, 15) is 0 Å². The van der Waals surface area contributed by atoms with Crippen molar-refractivity contribution in [3.8, 4) is 0 Å². The summed E-state index contributed by atoms with van der Waals surface area (Å²) in [5.41, 5.74) is 7.72. The Kier molecular flexibility index (Phi) is 3.38. The van der Waals surface area contributed by atoms with Gasteiger partial charge < -0.3 is 10.2 Å². The highest BCUT2D eigenvalue weighted by Gasteiger charge is 2.32. The first-order valence-corrected chi connectivity index (χ1v) is 6.39. The standard InChI is InChI=1S/C14H23NO/c1-11(2)13-3-6-14(15,7-4-13)9-12-5-8-16-10-12/h5,8,10-11,13H,3-4,6-7,9,15H2,1-2H3. The molecule has 2 heteroatoms. The average molecular weight is 221 g/mol. The molecule has 1 fully saturated rings. The second-order valence-electron chi connectivity index (χ2n) is 5.75. The van der Waals surface area contributed by atoms with E-state index >= 15 is 0 Å². The maximum Gasteiger partial charge on any atom is 0.0935 e. The maximum atomic E-state index is 6.47. The van der Waals surface area contributed by atoms with Crippen LogP contribution < -0.4 is 5.73 Å². The number of rotatable bonds is 3. The topological polar surface area (TPSA) is 39.2 Å². The van der Waals surface area contributed by atoms with Crippen LogP contribution >= 0.6 is 0 Å². The van der Waals surface area contributed by atoms with Crippen LogP contribution in [0, 0.1) is 11.8 Å². The Hall–Kier alpha value is -0.760. The first-order valence-electron chi connectivity index (χ1n) is 6.39. The smallest absolute Gasteiger partial charge is 0.0935 e. The molecule has 0 aromatic carbocycles. The molecule has 90 valence electrons. The molecule has 16 heavy (non-hydrogen) atoms. The maximum absolute atomic E-state index is 6.47. The minimum atomic E-state index is 0.00919. The minimum Gasteiger partial charge on any atom is -0.472 e. The summed E-state index contributed by atoms with van der Waals surface area (Å²) < 4.78 is 5.10. The largest absolute Gasteiger partial charge is 0.472 e. The molecule has 0 amide bonds. The highest BCUT2D eigenvalue weighted by atomic mass is 16.3. The molecule has 0 spiro atoms. The summed E-state index contributed by atoms with van der Waals surface area (Å²) in [4.78, 5) is 0. The van der Waals surface area contributed by atoms with Crippen LogP contribution in [-0.2, 0) is 6.42 Å². The van der Waals surface area contributed by atoms with E-state index in [1.807, 2.05) is 12.3 Å². The van der Waals surface area contributed by atoms with Crippen molar-refractivity contribution in [3.63, 3.8) is 0 Å². The van der Waals surface area contributed by atoms with E-state index in [0.717, 1.165) is 31.1 Å².